The highest BCUT2D eigenvalue weighted by Gasteiger charge is 2.14. The molecule has 2 N–H and O–H groups in total. The van der Waals surface area contributed by atoms with Crippen LogP contribution in [0, 0.1) is 0 Å². The number of hydrogen-bond donors (Lipinski definition) is 1. The fraction of sp³-hybridized carbons (Fsp3) is 0.231. The normalized spacial score (nSPS) is 10.2. The van der Waals surface area contributed by atoms with Crippen molar-refractivity contribution in [2.24, 2.45) is 0 Å². The number of ketones is 1. The monoisotopic (exact) mass is 274 g/mol. The van der Waals surface area contributed by atoms with Gasteiger partial charge in [0.15, 0.2) is 5.69 Å². The molecular weight excluding hydrogens is 260 g/mol. The van der Waals surface area contributed by atoms with Gasteiger partial charge < -0.3 is 10.5 Å². The van der Waals surface area contributed by atoms with Crippen LogP contribution in [-0.4, -0.2) is 33.4 Å². The van der Waals surface area contributed by atoms with Crippen molar-refractivity contribution in [3.63, 3.8) is 0 Å². The molecule has 0 unspecified atom stereocenters. The summed E-state index contributed by atoms with van der Waals surface area (Å²) in [6.07, 6.45) is 1.41. The van der Waals surface area contributed by atoms with Crippen LogP contribution in [0.1, 0.15) is 23.0 Å². The predicted octanol–water partition coefficient (Wildman–Crippen LogP) is 0.654. The zero-order valence-electron chi connectivity index (χ0n) is 10.9. The zero-order chi connectivity index (χ0) is 14.5. The molecule has 0 spiro atoms. The largest absolute Gasteiger partial charge is 0.465 e. The van der Waals surface area contributed by atoms with Gasteiger partial charge >= 0.3 is 5.97 Å². The van der Waals surface area contributed by atoms with Crippen LogP contribution in [-0.2, 0) is 16.1 Å². The molecule has 0 aliphatic heterocycles. The minimum absolute atomic E-state index is 0.0783. The van der Waals surface area contributed by atoms with Crippen LogP contribution in [0.2, 0.25) is 0 Å². The number of hydrogen-bond acceptors (Lipinski definition) is 6. The fourth-order valence-electron chi connectivity index (χ4n) is 1.65. The first-order chi connectivity index (χ1) is 9.60. The Morgan fingerprint density at radius 1 is 1.40 bits per heavy atom. The quantitative estimate of drug-likeness (QED) is 0.488. The van der Waals surface area contributed by atoms with Crippen LogP contribution in [0.3, 0.4) is 0 Å². The van der Waals surface area contributed by atoms with Crippen LogP contribution in [0.5, 0.6) is 0 Å². The molecule has 0 radical (unpaired) electrons. The van der Waals surface area contributed by atoms with Gasteiger partial charge in [-0.2, -0.15) is 0 Å². The van der Waals surface area contributed by atoms with Crippen LogP contribution >= 0.6 is 0 Å². The van der Waals surface area contributed by atoms with Gasteiger partial charge in [-0.25, -0.2) is 4.68 Å². The van der Waals surface area contributed by atoms with Crippen molar-refractivity contribution in [3.8, 4) is 0 Å². The molecule has 2 aromatic rings. The molecule has 20 heavy (non-hydrogen) atoms. The molecule has 0 aliphatic carbocycles. The van der Waals surface area contributed by atoms with Gasteiger partial charge in [0.1, 0.15) is 6.54 Å². The third-order valence-electron chi connectivity index (χ3n) is 2.52. The first kappa shape index (κ1) is 13.7. The maximum atomic E-state index is 12.1. The number of esters is 1. The van der Waals surface area contributed by atoms with Crippen molar-refractivity contribution in [2.75, 3.05) is 12.3 Å². The summed E-state index contributed by atoms with van der Waals surface area (Å²) in [4.78, 5) is 23.4. The SMILES string of the molecule is CCOC(=O)Cn1cc(C(=O)c2cccc(N)c2)nn1. The molecule has 1 heterocycles. The summed E-state index contributed by atoms with van der Waals surface area (Å²) in [6.45, 7) is 1.93. The van der Waals surface area contributed by atoms with Gasteiger partial charge in [-0.05, 0) is 19.1 Å². The Hall–Kier alpha value is -2.70. The Labute approximate surface area is 115 Å². The van der Waals surface area contributed by atoms with E-state index >= 15 is 0 Å². The van der Waals surface area contributed by atoms with Crippen molar-refractivity contribution in [3.05, 3.63) is 41.7 Å². The maximum Gasteiger partial charge on any atom is 0.327 e. The molecule has 7 heteroatoms. The first-order valence-electron chi connectivity index (χ1n) is 6.06. The van der Waals surface area contributed by atoms with Crippen LogP contribution in [0.25, 0.3) is 0 Å². The third-order valence-corrected chi connectivity index (χ3v) is 2.52. The van der Waals surface area contributed by atoms with E-state index in [9.17, 15) is 9.59 Å². The summed E-state index contributed by atoms with van der Waals surface area (Å²) < 4.78 is 6.05. The van der Waals surface area contributed by atoms with Gasteiger partial charge in [-0.15, -0.1) is 5.10 Å². The van der Waals surface area contributed by atoms with Gasteiger partial charge in [0.25, 0.3) is 0 Å². The number of anilines is 1. The third kappa shape index (κ3) is 3.19. The summed E-state index contributed by atoms with van der Waals surface area (Å²) in [5, 5.41) is 7.47. The molecule has 0 atom stereocenters. The Kier molecular flexibility index (Phi) is 4.09. The summed E-state index contributed by atoms with van der Waals surface area (Å²) >= 11 is 0. The summed E-state index contributed by atoms with van der Waals surface area (Å²) in [7, 11) is 0. The second-order valence-electron chi connectivity index (χ2n) is 4.06. The van der Waals surface area contributed by atoms with Gasteiger partial charge in [0.2, 0.25) is 5.78 Å². The predicted molar refractivity (Wildman–Crippen MR) is 70.9 cm³/mol. The molecule has 104 valence electrons. The second-order valence-corrected chi connectivity index (χ2v) is 4.06. The summed E-state index contributed by atoms with van der Waals surface area (Å²) in [6, 6.07) is 6.58. The van der Waals surface area contributed by atoms with Crippen molar-refractivity contribution in [1.29, 1.82) is 0 Å². The number of carbonyl (C=O) groups excluding carboxylic acids is 2. The average Bonchev–Trinajstić information content (AvgIpc) is 2.86. The lowest BCUT2D eigenvalue weighted by molar-refractivity contribution is -0.144. The molecular formula is C13H14N4O3. The van der Waals surface area contributed by atoms with E-state index < -0.39 is 5.97 Å². The number of nitrogen functional groups attached to an aromatic ring is 1. The van der Waals surface area contributed by atoms with Gasteiger partial charge in [-0.1, -0.05) is 17.3 Å². The van der Waals surface area contributed by atoms with Crippen LogP contribution in [0.4, 0.5) is 5.69 Å². The Balaban J connectivity index is 2.12. The Bertz CT molecular complexity index is 636. The highest BCUT2D eigenvalue weighted by Crippen LogP contribution is 2.11. The molecule has 0 aliphatic rings. The van der Waals surface area contributed by atoms with E-state index in [4.69, 9.17) is 10.5 Å². The van der Waals surface area contributed by atoms with E-state index in [0.29, 0.717) is 17.9 Å². The lowest BCUT2D eigenvalue weighted by Crippen LogP contribution is -2.13. The summed E-state index contributed by atoms with van der Waals surface area (Å²) in [5.74, 6) is -0.729. The fourth-order valence-corrected chi connectivity index (χ4v) is 1.65. The van der Waals surface area contributed by atoms with E-state index in [1.54, 1.807) is 31.2 Å². The molecule has 1 aromatic heterocycles. The number of nitrogens with zero attached hydrogens (tertiary/aromatic N) is 3. The lowest BCUT2D eigenvalue weighted by atomic mass is 10.1. The van der Waals surface area contributed by atoms with Gasteiger partial charge in [0, 0.05) is 11.3 Å². The molecule has 2 rings (SSSR count). The number of aromatic nitrogens is 3. The molecule has 0 bridgehead atoms. The van der Waals surface area contributed by atoms with E-state index in [2.05, 4.69) is 10.3 Å². The van der Waals surface area contributed by atoms with Crippen LogP contribution < -0.4 is 5.73 Å². The highest BCUT2D eigenvalue weighted by atomic mass is 16.5. The van der Waals surface area contributed by atoms with Gasteiger partial charge in [-0.3, -0.25) is 9.59 Å². The van der Waals surface area contributed by atoms with Crippen LogP contribution in [0.15, 0.2) is 30.5 Å². The minimum atomic E-state index is -0.430. The van der Waals surface area contributed by atoms with E-state index in [1.165, 1.54) is 10.9 Å². The minimum Gasteiger partial charge on any atom is -0.465 e. The first-order valence-corrected chi connectivity index (χ1v) is 6.06. The van der Waals surface area contributed by atoms with Gasteiger partial charge in [0.05, 0.1) is 12.8 Å². The molecule has 0 fully saturated rings. The zero-order valence-corrected chi connectivity index (χ0v) is 10.9. The van der Waals surface area contributed by atoms with E-state index in [-0.39, 0.29) is 18.0 Å². The molecule has 0 amide bonds. The van der Waals surface area contributed by atoms with Crippen molar-refractivity contribution in [1.82, 2.24) is 15.0 Å². The second kappa shape index (κ2) is 5.96. The number of ether oxygens (including phenoxy) is 1. The number of rotatable bonds is 5. The molecule has 1 aromatic carbocycles. The Morgan fingerprint density at radius 2 is 2.20 bits per heavy atom. The summed E-state index contributed by atoms with van der Waals surface area (Å²) in [5.41, 5.74) is 6.70. The smallest absolute Gasteiger partial charge is 0.327 e. The van der Waals surface area contributed by atoms with E-state index in [1.807, 2.05) is 0 Å². The Morgan fingerprint density at radius 3 is 2.90 bits per heavy atom. The average molecular weight is 274 g/mol. The standard InChI is InChI=1S/C13H14N4O3/c1-2-20-12(18)8-17-7-11(15-16-17)13(19)9-4-3-5-10(14)6-9/h3-7H,2,8,14H2,1H3. The number of carbonyl (C=O) groups is 2. The molecule has 7 nitrogen and oxygen atoms in total. The van der Waals surface area contributed by atoms with E-state index in [0.717, 1.165) is 0 Å². The number of benzene rings is 1. The topological polar surface area (TPSA) is 100 Å². The van der Waals surface area contributed by atoms with Crippen molar-refractivity contribution in [2.45, 2.75) is 13.5 Å². The number of nitrogens with two attached hydrogens (primary N) is 1. The van der Waals surface area contributed by atoms with Crippen molar-refractivity contribution >= 4 is 17.4 Å². The highest BCUT2D eigenvalue weighted by molar-refractivity contribution is 6.07. The molecule has 0 saturated heterocycles. The maximum absolute atomic E-state index is 12.1. The molecule has 0 saturated carbocycles. The van der Waals surface area contributed by atoms with Crippen molar-refractivity contribution < 1.29 is 14.3 Å². The lowest BCUT2D eigenvalue weighted by Gasteiger charge is -2.00.